The van der Waals surface area contributed by atoms with E-state index in [0.717, 1.165) is 5.88 Å². The van der Waals surface area contributed by atoms with Gasteiger partial charge in [-0.15, -0.1) is 5.92 Å². The van der Waals surface area contributed by atoms with Gasteiger partial charge in [0.25, 0.3) is 0 Å². The van der Waals surface area contributed by atoms with E-state index in [9.17, 15) is 0 Å². The standard InChI is InChI=1S/C8H10N2O/c1-3-4-7-11-8-5-6-9-10(8)2/h5-6H,7H2,1-2H3. The zero-order valence-electron chi connectivity index (χ0n) is 6.66. The van der Waals surface area contributed by atoms with Crippen molar-refractivity contribution in [3.05, 3.63) is 12.3 Å². The van der Waals surface area contributed by atoms with E-state index in [0.29, 0.717) is 6.61 Å². The summed E-state index contributed by atoms with van der Waals surface area (Å²) < 4.78 is 6.91. The molecule has 58 valence electrons. The molecule has 0 aromatic carbocycles. The van der Waals surface area contributed by atoms with Gasteiger partial charge >= 0.3 is 0 Å². The first kappa shape index (κ1) is 7.67. The second-order valence-corrected chi connectivity index (χ2v) is 2.01. The van der Waals surface area contributed by atoms with E-state index in [1.54, 1.807) is 23.9 Å². The summed E-state index contributed by atoms with van der Waals surface area (Å²) in [6.45, 7) is 2.21. The Morgan fingerprint density at radius 2 is 2.55 bits per heavy atom. The van der Waals surface area contributed by atoms with Gasteiger partial charge in [-0.2, -0.15) is 5.10 Å². The lowest BCUT2D eigenvalue weighted by molar-refractivity contribution is 0.335. The highest BCUT2D eigenvalue weighted by Gasteiger charge is 1.94. The van der Waals surface area contributed by atoms with E-state index in [1.165, 1.54) is 0 Å². The monoisotopic (exact) mass is 150 g/mol. The van der Waals surface area contributed by atoms with Crippen molar-refractivity contribution in [1.82, 2.24) is 9.78 Å². The molecule has 0 aliphatic heterocycles. The van der Waals surface area contributed by atoms with Crippen LogP contribution in [-0.4, -0.2) is 16.4 Å². The van der Waals surface area contributed by atoms with Crippen molar-refractivity contribution in [3.8, 4) is 17.7 Å². The summed E-state index contributed by atoms with van der Waals surface area (Å²) in [4.78, 5) is 0. The van der Waals surface area contributed by atoms with E-state index in [1.807, 2.05) is 7.05 Å². The maximum atomic E-state index is 5.24. The molecule has 0 bridgehead atoms. The second-order valence-electron chi connectivity index (χ2n) is 2.01. The SMILES string of the molecule is CC#CCOc1ccnn1C. The summed E-state index contributed by atoms with van der Waals surface area (Å²) in [6.07, 6.45) is 1.69. The minimum absolute atomic E-state index is 0.427. The molecule has 0 aliphatic rings. The zero-order chi connectivity index (χ0) is 8.10. The van der Waals surface area contributed by atoms with Crippen molar-refractivity contribution in [1.29, 1.82) is 0 Å². The molecular formula is C8H10N2O. The molecule has 11 heavy (non-hydrogen) atoms. The van der Waals surface area contributed by atoms with Crippen molar-refractivity contribution in [2.24, 2.45) is 7.05 Å². The Morgan fingerprint density at radius 1 is 1.73 bits per heavy atom. The van der Waals surface area contributed by atoms with Gasteiger partial charge in [-0.3, -0.25) is 0 Å². The lowest BCUT2D eigenvalue weighted by Gasteiger charge is -1.99. The van der Waals surface area contributed by atoms with Crippen molar-refractivity contribution in [3.63, 3.8) is 0 Å². The van der Waals surface area contributed by atoms with Gasteiger partial charge in [-0.1, -0.05) is 5.92 Å². The van der Waals surface area contributed by atoms with Crippen molar-refractivity contribution in [2.45, 2.75) is 6.92 Å². The molecule has 0 amide bonds. The summed E-state index contributed by atoms with van der Waals surface area (Å²) in [5.41, 5.74) is 0. The second kappa shape index (κ2) is 3.67. The molecule has 0 saturated carbocycles. The number of rotatable bonds is 2. The third kappa shape index (κ3) is 2.01. The molecule has 0 aliphatic carbocycles. The topological polar surface area (TPSA) is 27.1 Å². The van der Waals surface area contributed by atoms with Crippen LogP contribution in [0.25, 0.3) is 0 Å². The molecule has 0 unspecified atom stereocenters. The fourth-order valence-corrected chi connectivity index (χ4v) is 0.686. The zero-order valence-corrected chi connectivity index (χ0v) is 6.66. The molecule has 0 saturated heterocycles. The van der Waals surface area contributed by atoms with Crippen LogP contribution in [0.3, 0.4) is 0 Å². The van der Waals surface area contributed by atoms with Crippen LogP contribution in [0.2, 0.25) is 0 Å². The predicted octanol–water partition coefficient (Wildman–Crippen LogP) is 0.822. The minimum atomic E-state index is 0.427. The third-order valence-corrected chi connectivity index (χ3v) is 1.24. The van der Waals surface area contributed by atoms with E-state index < -0.39 is 0 Å². The highest BCUT2D eigenvalue weighted by Crippen LogP contribution is 2.05. The first-order chi connectivity index (χ1) is 5.34. The Balaban J connectivity index is 2.48. The van der Waals surface area contributed by atoms with Crippen LogP contribution in [0, 0.1) is 11.8 Å². The molecule has 3 nitrogen and oxygen atoms in total. The smallest absolute Gasteiger partial charge is 0.212 e. The van der Waals surface area contributed by atoms with Gasteiger partial charge in [0, 0.05) is 13.1 Å². The van der Waals surface area contributed by atoms with Gasteiger partial charge < -0.3 is 4.74 Å². The Kier molecular flexibility index (Phi) is 2.56. The third-order valence-electron chi connectivity index (χ3n) is 1.24. The van der Waals surface area contributed by atoms with Crippen molar-refractivity contribution in [2.75, 3.05) is 6.61 Å². The van der Waals surface area contributed by atoms with Crippen LogP contribution in [0.1, 0.15) is 6.92 Å². The number of ether oxygens (including phenoxy) is 1. The molecule has 1 rings (SSSR count). The highest BCUT2D eigenvalue weighted by atomic mass is 16.5. The summed E-state index contributed by atoms with van der Waals surface area (Å²) in [5.74, 6) is 6.29. The number of hydrogen-bond donors (Lipinski definition) is 0. The summed E-state index contributed by atoms with van der Waals surface area (Å²) in [5, 5.41) is 3.94. The molecule has 0 radical (unpaired) electrons. The van der Waals surface area contributed by atoms with Crippen LogP contribution in [0.15, 0.2) is 12.3 Å². The Morgan fingerprint density at radius 3 is 3.09 bits per heavy atom. The van der Waals surface area contributed by atoms with E-state index in [2.05, 4.69) is 16.9 Å². The molecule has 0 spiro atoms. The molecule has 1 heterocycles. The number of nitrogens with zero attached hydrogens (tertiary/aromatic N) is 2. The Labute approximate surface area is 66.0 Å². The largest absolute Gasteiger partial charge is 0.465 e. The molecule has 0 atom stereocenters. The molecule has 0 fully saturated rings. The van der Waals surface area contributed by atoms with Crippen LogP contribution in [0.4, 0.5) is 0 Å². The fourth-order valence-electron chi connectivity index (χ4n) is 0.686. The van der Waals surface area contributed by atoms with Gasteiger partial charge in [-0.05, 0) is 6.92 Å². The predicted molar refractivity (Wildman–Crippen MR) is 42.2 cm³/mol. The average Bonchev–Trinajstić information content (AvgIpc) is 2.37. The van der Waals surface area contributed by atoms with Crippen LogP contribution in [0.5, 0.6) is 5.88 Å². The number of aryl methyl sites for hydroxylation is 1. The molecule has 0 N–H and O–H groups in total. The summed E-state index contributed by atoms with van der Waals surface area (Å²) in [6, 6.07) is 1.80. The van der Waals surface area contributed by atoms with Gasteiger partial charge in [-0.25, -0.2) is 4.68 Å². The van der Waals surface area contributed by atoms with E-state index in [-0.39, 0.29) is 0 Å². The summed E-state index contributed by atoms with van der Waals surface area (Å²) in [7, 11) is 1.83. The fraction of sp³-hybridized carbons (Fsp3) is 0.375. The Bertz CT molecular complexity index is 280. The first-order valence-electron chi connectivity index (χ1n) is 3.35. The maximum absolute atomic E-state index is 5.24. The molecule has 1 aromatic heterocycles. The van der Waals surface area contributed by atoms with E-state index >= 15 is 0 Å². The van der Waals surface area contributed by atoms with Gasteiger partial charge in [0.05, 0.1) is 6.20 Å². The van der Waals surface area contributed by atoms with Crippen LogP contribution in [-0.2, 0) is 7.05 Å². The van der Waals surface area contributed by atoms with Crippen LogP contribution < -0.4 is 4.74 Å². The number of hydrogen-bond acceptors (Lipinski definition) is 2. The first-order valence-corrected chi connectivity index (χ1v) is 3.35. The quantitative estimate of drug-likeness (QED) is 0.584. The van der Waals surface area contributed by atoms with Crippen molar-refractivity contribution < 1.29 is 4.74 Å². The number of aromatic nitrogens is 2. The normalized spacial score (nSPS) is 8.55. The summed E-state index contributed by atoms with van der Waals surface area (Å²) >= 11 is 0. The highest BCUT2D eigenvalue weighted by molar-refractivity contribution is 5.08. The van der Waals surface area contributed by atoms with Crippen molar-refractivity contribution >= 4 is 0 Å². The van der Waals surface area contributed by atoms with Gasteiger partial charge in [0.1, 0.15) is 0 Å². The molecule has 1 aromatic rings. The van der Waals surface area contributed by atoms with E-state index in [4.69, 9.17) is 4.74 Å². The lowest BCUT2D eigenvalue weighted by atomic mass is 10.6. The lowest BCUT2D eigenvalue weighted by Crippen LogP contribution is -2.00. The molecular weight excluding hydrogens is 140 g/mol. The molecule has 3 heteroatoms. The average molecular weight is 150 g/mol. The van der Waals surface area contributed by atoms with Crippen LogP contribution >= 0.6 is 0 Å². The maximum Gasteiger partial charge on any atom is 0.212 e. The minimum Gasteiger partial charge on any atom is -0.465 e. The Hall–Kier alpha value is -1.43. The van der Waals surface area contributed by atoms with Gasteiger partial charge in [0.2, 0.25) is 5.88 Å². The van der Waals surface area contributed by atoms with Gasteiger partial charge in [0.15, 0.2) is 6.61 Å².